The van der Waals surface area contributed by atoms with E-state index in [1.54, 1.807) is 10.9 Å². The molecule has 1 aliphatic rings. The third-order valence-corrected chi connectivity index (χ3v) is 5.14. The standard InChI is InChI=1S/C20H22FN5O3/c21-16-11-22-20(23-12-16)25-6-3-14(4-7-25)13-29-17-1-2-18-15(9-17)10-24-26(18)8-5-19(27)28/h1-2,9-12,14H,3-8,13H2,(H,27,28). The molecule has 3 heterocycles. The lowest BCUT2D eigenvalue weighted by molar-refractivity contribution is -0.137. The largest absolute Gasteiger partial charge is 0.493 e. The van der Waals surface area contributed by atoms with Crippen molar-refractivity contribution in [2.24, 2.45) is 5.92 Å². The number of aliphatic carboxylic acids is 1. The number of aryl methyl sites for hydroxylation is 1. The fourth-order valence-corrected chi connectivity index (χ4v) is 3.52. The van der Waals surface area contributed by atoms with E-state index in [1.165, 1.54) is 12.4 Å². The number of anilines is 1. The van der Waals surface area contributed by atoms with Gasteiger partial charge in [0.15, 0.2) is 5.82 Å². The SMILES string of the molecule is O=C(O)CCn1ncc2cc(OCC3CCN(c4ncc(F)cn4)CC3)ccc21. The molecule has 1 N–H and O–H groups in total. The highest BCUT2D eigenvalue weighted by Crippen LogP contribution is 2.24. The van der Waals surface area contributed by atoms with Crippen molar-refractivity contribution >= 4 is 22.8 Å². The van der Waals surface area contributed by atoms with Crippen LogP contribution in [-0.4, -0.2) is 50.5 Å². The number of halogens is 1. The van der Waals surface area contributed by atoms with Crippen LogP contribution in [0.3, 0.4) is 0 Å². The van der Waals surface area contributed by atoms with E-state index in [9.17, 15) is 9.18 Å². The molecule has 0 aliphatic carbocycles. The molecular weight excluding hydrogens is 377 g/mol. The third-order valence-electron chi connectivity index (χ3n) is 5.14. The zero-order valence-corrected chi connectivity index (χ0v) is 15.9. The van der Waals surface area contributed by atoms with Gasteiger partial charge in [-0.05, 0) is 37.0 Å². The summed E-state index contributed by atoms with van der Waals surface area (Å²) in [6, 6.07) is 5.73. The van der Waals surface area contributed by atoms with E-state index >= 15 is 0 Å². The van der Waals surface area contributed by atoms with Gasteiger partial charge >= 0.3 is 5.97 Å². The second-order valence-electron chi connectivity index (χ2n) is 7.17. The molecule has 0 atom stereocenters. The molecule has 29 heavy (non-hydrogen) atoms. The second-order valence-corrected chi connectivity index (χ2v) is 7.17. The zero-order valence-electron chi connectivity index (χ0n) is 15.9. The Morgan fingerprint density at radius 3 is 2.69 bits per heavy atom. The maximum Gasteiger partial charge on any atom is 0.305 e. The fraction of sp³-hybridized carbons (Fsp3) is 0.400. The molecule has 9 heteroatoms. The molecule has 152 valence electrons. The van der Waals surface area contributed by atoms with E-state index in [2.05, 4.69) is 20.0 Å². The Morgan fingerprint density at radius 2 is 1.97 bits per heavy atom. The summed E-state index contributed by atoms with van der Waals surface area (Å²) >= 11 is 0. The molecule has 2 aromatic heterocycles. The van der Waals surface area contributed by atoms with Crippen molar-refractivity contribution in [3.8, 4) is 5.75 Å². The van der Waals surface area contributed by atoms with Gasteiger partial charge in [0.25, 0.3) is 0 Å². The van der Waals surface area contributed by atoms with Crippen LogP contribution in [0, 0.1) is 11.7 Å². The van der Waals surface area contributed by atoms with Crippen molar-refractivity contribution in [2.45, 2.75) is 25.8 Å². The van der Waals surface area contributed by atoms with Gasteiger partial charge in [-0.2, -0.15) is 5.10 Å². The molecule has 0 amide bonds. The zero-order chi connectivity index (χ0) is 20.2. The minimum Gasteiger partial charge on any atom is -0.493 e. The van der Waals surface area contributed by atoms with Crippen molar-refractivity contribution < 1.29 is 19.0 Å². The minimum atomic E-state index is -0.842. The molecule has 0 radical (unpaired) electrons. The molecule has 4 rings (SSSR count). The van der Waals surface area contributed by atoms with E-state index in [0.29, 0.717) is 25.0 Å². The van der Waals surface area contributed by atoms with Crippen molar-refractivity contribution in [1.82, 2.24) is 19.7 Å². The van der Waals surface area contributed by atoms with Gasteiger partial charge in [-0.3, -0.25) is 9.48 Å². The topological polar surface area (TPSA) is 93.4 Å². The molecule has 1 aromatic carbocycles. The van der Waals surface area contributed by atoms with Gasteiger partial charge in [0.1, 0.15) is 5.75 Å². The lowest BCUT2D eigenvalue weighted by atomic mass is 9.98. The summed E-state index contributed by atoms with van der Waals surface area (Å²) in [5.74, 6) is 0.503. The van der Waals surface area contributed by atoms with E-state index in [0.717, 1.165) is 42.6 Å². The summed E-state index contributed by atoms with van der Waals surface area (Å²) < 4.78 is 20.6. The summed E-state index contributed by atoms with van der Waals surface area (Å²) in [7, 11) is 0. The van der Waals surface area contributed by atoms with E-state index in [1.807, 2.05) is 18.2 Å². The van der Waals surface area contributed by atoms with Crippen molar-refractivity contribution in [3.05, 3.63) is 42.6 Å². The van der Waals surface area contributed by atoms with Gasteiger partial charge < -0.3 is 14.7 Å². The van der Waals surface area contributed by atoms with Gasteiger partial charge in [-0.25, -0.2) is 14.4 Å². The van der Waals surface area contributed by atoms with Crippen molar-refractivity contribution in [2.75, 3.05) is 24.6 Å². The van der Waals surface area contributed by atoms with Crippen LogP contribution in [0.25, 0.3) is 10.9 Å². The number of rotatable bonds is 7. The molecule has 1 fully saturated rings. The number of carboxylic acid groups (broad SMARTS) is 1. The van der Waals surface area contributed by atoms with E-state index in [4.69, 9.17) is 9.84 Å². The number of carboxylic acids is 1. The molecule has 1 aliphatic heterocycles. The smallest absolute Gasteiger partial charge is 0.305 e. The number of aromatic nitrogens is 4. The predicted molar refractivity (Wildman–Crippen MR) is 104 cm³/mol. The van der Waals surface area contributed by atoms with Crippen LogP contribution in [-0.2, 0) is 11.3 Å². The lowest BCUT2D eigenvalue weighted by Crippen LogP contribution is -2.36. The van der Waals surface area contributed by atoms with Crippen LogP contribution in [0.2, 0.25) is 0 Å². The maximum atomic E-state index is 13.0. The lowest BCUT2D eigenvalue weighted by Gasteiger charge is -2.31. The summed E-state index contributed by atoms with van der Waals surface area (Å²) in [5, 5.41) is 14.0. The Labute approximate surface area is 166 Å². The Kier molecular flexibility index (Phi) is 5.55. The van der Waals surface area contributed by atoms with Crippen LogP contribution in [0.5, 0.6) is 5.75 Å². The van der Waals surface area contributed by atoms with Crippen LogP contribution < -0.4 is 9.64 Å². The van der Waals surface area contributed by atoms with Crippen LogP contribution in [0.1, 0.15) is 19.3 Å². The summed E-state index contributed by atoms with van der Waals surface area (Å²) in [6.07, 6.45) is 6.06. The van der Waals surface area contributed by atoms with Crippen molar-refractivity contribution in [3.63, 3.8) is 0 Å². The molecule has 0 spiro atoms. The molecule has 0 saturated carbocycles. The fourth-order valence-electron chi connectivity index (χ4n) is 3.52. The first-order valence-electron chi connectivity index (χ1n) is 9.61. The van der Waals surface area contributed by atoms with Gasteiger partial charge in [-0.1, -0.05) is 0 Å². The van der Waals surface area contributed by atoms with E-state index < -0.39 is 11.8 Å². The van der Waals surface area contributed by atoms with Gasteiger partial charge in [0.05, 0.1) is 43.7 Å². The van der Waals surface area contributed by atoms with Crippen molar-refractivity contribution in [1.29, 1.82) is 0 Å². The Bertz CT molecular complexity index is 983. The Balaban J connectivity index is 1.30. The Morgan fingerprint density at radius 1 is 1.21 bits per heavy atom. The number of fused-ring (bicyclic) bond motifs is 1. The molecule has 0 unspecified atom stereocenters. The van der Waals surface area contributed by atoms with Gasteiger partial charge in [0.2, 0.25) is 5.95 Å². The van der Waals surface area contributed by atoms with Gasteiger partial charge in [0, 0.05) is 18.5 Å². The summed E-state index contributed by atoms with van der Waals surface area (Å²) in [4.78, 5) is 20.9. The van der Waals surface area contributed by atoms with E-state index in [-0.39, 0.29) is 6.42 Å². The monoisotopic (exact) mass is 399 g/mol. The number of hydrogen-bond acceptors (Lipinski definition) is 6. The van der Waals surface area contributed by atoms with Crippen LogP contribution in [0.4, 0.5) is 10.3 Å². The molecular formula is C20H22FN5O3. The number of benzene rings is 1. The normalized spacial score (nSPS) is 15.0. The molecule has 3 aromatic rings. The highest BCUT2D eigenvalue weighted by molar-refractivity contribution is 5.80. The minimum absolute atomic E-state index is 0.0384. The molecule has 1 saturated heterocycles. The molecule has 8 nitrogen and oxygen atoms in total. The first-order valence-corrected chi connectivity index (χ1v) is 9.61. The highest BCUT2D eigenvalue weighted by atomic mass is 19.1. The average molecular weight is 399 g/mol. The molecule has 0 bridgehead atoms. The summed E-state index contributed by atoms with van der Waals surface area (Å²) in [6.45, 7) is 2.59. The predicted octanol–water partition coefficient (Wildman–Crippen LogP) is 2.74. The Hall–Kier alpha value is -3.23. The number of nitrogens with zero attached hydrogens (tertiary/aromatic N) is 5. The first kappa shape index (κ1) is 19.1. The highest BCUT2D eigenvalue weighted by Gasteiger charge is 2.21. The number of piperidine rings is 1. The second kappa shape index (κ2) is 8.42. The summed E-state index contributed by atoms with van der Waals surface area (Å²) in [5.41, 5.74) is 0.895. The maximum absolute atomic E-state index is 13.0. The third kappa shape index (κ3) is 4.61. The number of hydrogen-bond donors (Lipinski definition) is 1. The quantitative estimate of drug-likeness (QED) is 0.653. The van der Waals surface area contributed by atoms with Crippen LogP contribution >= 0.6 is 0 Å². The van der Waals surface area contributed by atoms with Gasteiger partial charge in [-0.15, -0.1) is 0 Å². The number of carbonyl (C=O) groups is 1. The van der Waals surface area contributed by atoms with Crippen LogP contribution in [0.15, 0.2) is 36.8 Å². The first-order chi connectivity index (χ1) is 14.1. The average Bonchev–Trinajstić information content (AvgIpc) is 3.14. The number of ether oxygens (including phenoxy) is 1.